The molecule has 0 unspecified atom stereocenters. The molecule has 0 aliphatic carbocycles. The van der Waals surface area contributed by atoms with E-state index in [9.17, 15) is 0 Å². The highest BCUT2D eigenvalue weighted by atomic mass is 16.3. The summed E-state index contributed by atoms with van der Waals surface area (Å²) in [6.07, 6.45) is 12.8. The van der Waals surface area contributed by atoms with Crippen molar-refractivity contribution in [1.29, 1.82) is 0 Å². The maximum Gasteiger partial charge on any atom is 0.227 e. The quantitative estimate of drug-likeness (QED) is 0.185. The molecule has 0 aromatic carbocycles. The van der Waals surface area contributed by atoms with Crippen molar-refractivity contribution in [1.82, 2.24) is 54.2 Å². The van der Waals surface area contributed by atoms with Crippen molar-refractivity contribution < 1.29 is 4.42 Å². The SMILES string of the molecule is CN1CCC(Nc2nc(N)c3cc(-c4nc(CN5CCC(Nc6nc(N)c7cc(-c8cn(C)cn8)cnc7n6)CC5)co4)cnc3n2)CC1. The second-order valence-electron chi connectivity index (χ2n) is 13.0. The van der Waals surface area contributed by atoms with Gasteiger partial charge >= 0.3 is 0 Å². The number of nitrogens with two attached hydrogens (primary N) is 2. The van der Waals surface area contributed by atoms with Crippen molar-refractivity contribution in [3.63, 3.8) is 0 Å². The van der Waals surface area contributed by atoms with E-state index in [4.69, 9.17) is 20.9 Å². The normalized spacial score (nSPS) is 16.9. The fraction of sp³-hybridized carbons (Fsp3) is 0.394. The number of pyridine rings is 2. The number of likely N-dealkylation sites (tertiary alicyclic amines) is 2. The number of nitrogen functional groups attached to an aromatic ring is 2. The lowest BCUT2D eigenvalue weighted by Gasteiger charge is -2.31. The standard InChI is InChI=1S/C33H39N15O/c1-46-7-3-21(4-8-46)40-32-43-28(35)25-12-20(14-37-30(25)45-32)31-39-23(17-49-31)15-48-9-5-22(6-10-48)41-33-42-27(34)24-11-19(13-36-29(24)44-33)26-16-47(2)18-38-26/h11-14,16-18,21-22H,3-10,15H2,1-2H3,(H3,34,36,41,42,44)(H3,35,37,40,43,45). The molecule has 252 valence electrons. The Labute approximate surface area is 282 Å². The van der Waals surface area contributed by atoms with Gasteiger partial charge in [0.25, 0.3) is 0 Å². The molecular formula is C33H39N15O. The van der Waals surface area contributed by atoms with Gasteiger partial charge in [-0.25, -0.2) is 19.9 Å². The van der Waals surface area contributed by atoms with Gasteiger partial charge in [0, 0.05) is 62.9 Å². The van der Waals surface area contributed by atoms with Crippen molar-refractivity contribution in [2.24, 2.45) is 7.05 Å². The smallest absolute Gasteiger partial charge is 0.227 e. The van der Waals surface area contributed by atoms with Gasteiger partial charge < -0.3 is 36.0 Å². The van der Waals surface area contributed by atoms with E-state index in [0.29, 0.717) is 64.1 Å². The van der Waals surface area contributed by atoms with Gasteiger partial charge in [0.15, 0.2) is 11.3 Å². The fourth-order valence-corrected chi connectivity index (χ4v) is 6.51. The van der Waals surface area contributed by atoms with Gasteiger partial charge in [0.2, 0.25) is 17.8 Å². The van der Waals surface area contributed by atoms with Gasteiger partial charge in [-0.3, -0.25) is 4.90 Å². The first-order chi connectivity index (χ1) is 23.8. The zero-order chi connectivity index (χ0) is 33.5. The summed E-state index contributed by atoms with van der Waals surface area (Å²) in [5, 5.41) is 8.27. The molecule has 16 nitrogen and oxygen atoms in total. The van der Waals surface area contributed by atoms with E-state index in [2.05, 4.69) is 62.4 Å². The van der Waals surface area contributed by atoms with Gasteiger partial charge in [-0.1, -0.05) is 0 Å². The molecular weight excluding hydrogens is 622 g/mol. The zero-order valence-corrected chi connectivity index (χ0v) is 27.5. The summed E-state index contributed by atoms with van der Waals surface area (Å²) in [4.78, 5) is 41.3. The summed E-state index contributed by atoms with van der Waals surface area (Å²) < 4.78 is 7.76. The molecule has 0 bridgehead atoms. The largest absolute Gasteiger partial charge is 0.444 e. The van der Waals surface area contributed by atoms with Crippen LogP contribution >= 0.6 is 0 Å². The monoisotopic (exact) mass is 661 g/mol. The maximum absolute atomic E-state index is 6.36. The van der Waals surface area contributed by atoms with E-state index in [1.807, 2.05) is 29.9 Å². The number of hydrogen-bond acceptors (Lipinski definition) is 15. The van der Waals surface area contributed by atoms with E-state index >= 15 is 0 Å². The number of aromatic nitrogens is 9. The maximum atomic E-state index is 6.36. The number of hydrogen-bond donors (Lipinski definition) is 4. The molecule has 2 fully saturated rings. The Morgan fingerprint density at radius 1 is 0.755 bits per heavy atom. The minimum atomic E-state index is 0.213. The van der Waals surface area contributed by atoms with Crippen molar-refractivity contribution in [3.8, 4) is 22.7 Å². The Bertz CT molecular complexity index is 2110. The molecule has 2 aliphatic rings. The first kappa shape index (κ1) is 30.8. The molecule has 16 heteroatoms. The average molecular weight is 662 g/mol. The van der Waals surface area contributed by atoms with Gasteiger partial charge in [0.05, 0.1) is 34.1 Å². The van der Waals surface area contributed by atoms with Crippen LogP contribution in [0.2, 0.25) is 0 Å². The predicted octanol–water partition coefficient (Wildman–Crippen LogP) is 3.17. The third kappa shape index (κ3) is 6.64. The summed E-state index contributed by atoms with van der Waals surface area (Å²) in [5.41, 5.74) is 17.1. The molecule has 2 aliphatic heterocycles. The number of anilines is 4. The zero-order valence-electron chi connectivity index (χ0n) is 27.5. The highest BCUT2D eigenvalue weighted by molar-refractivity contribution is 5.90. The number of imidazole rings is 1. The van der Waals surface area contributed by atoms with Crippen LogP contribution in [0.3, 0.4) is 0 Å². The van der Waals surface area contributed by atoms with E-state index < -0.39 is 0 Å². The summed E-state index contributed by atoms with van der Waals surface area (Å²) in [5.74, 6) is 2.25. The van der Waals surface area contributed by atoms with Crippen LogP contribution in [0.15, 0.2) is 47.7 Å². The average Bonchev–Trinajstić information content (AvgIpc) is 3.76. The molecule has 2 saturated heterocycles. The van der Waals surface area contributed by atoms with Crippen molar-refractivity contribution in [2.45, 2.75) is 44.3 Å². The number of nitrogens with zero attached hydrogens (tertiary/aromatic N) is 11. The van der Waals surface area contributed by atoms with Crippen LogP contribution in [-0.4, -0.2) is 99.5 Å². The third-order valence-electron chi connectivity index (χ3n) is 9.32. The molecule has 49 heavy (non-hydrogen) atoms. The van der Waals surface area contributed by atoms with Crippen LogP contribution in [0.4, 0.5) is 23.5 Å². The molecule has 8 rings (SSSR count). The van der Waals surface area contributed by atoms with Crippen molar-refractivity contribution >= 4 is 45.6 Å². The van der Waals surface area contributed by atoms with Crippen LogP contribution in [-0.2, 0) is 13.6 Å². The van der Waals surface area contributed by atoms with Gasteiger partial charge in [-0.15, -0.1) is 0 Å². The number of nitrogens with one attached hydrogen (secondary N) is 2. The Morgan fingerprint density at radius 3 is 1.96 bits per heavy atom. The molecule has 6 aromatic heterocycles. The minimum Gasteiger partial charge on any atom is -0.444 e. The molecule has 0 saturated carbocycles. The van der Waals surface area contributed by atoms with Crippen molar-refractivity contribution in [2.75, 3.05) is 55.3 Å². The topological polar surface area (TPSA) is 204 Å². The van der Waals surface area contributed by atoms with Gasteiger partial charge in [0.1, 0.15) is 17.9 Å². The minimum absolute atomic E-state index is 0.213. The summed E-state index contributed by atoms with van der Waals surface area (Å²) in [7, 11) is 4.07. The van der Waals surface area contributed by atoms with Crippen LogP contribution in [0.1, 0.15) is 31.4 Å². The van der Waals surface area contributed by atoms with E-state index in [1.54, 1.807) is 25.0 Å². The number of fused-ring (bicyclic) bond motifs is 2. The van der Waals surface area contributed by atoms with E-state index in [1.165, 1.54) is 0 Å². The molecule has 0 amide bonds. The van der Waals surface area contributed by atoms with Crippen molar-refractivity contribution in [3.05, 3.63) is 49.0 Å². The van der Waals surface area contributed by atoms with Crippen LogP contribution in [0.5, 0.6) is 0 Å². The Balaban J connectivity index is 0.870. The highest BCUT2D eigenvalue weighted by Gasteiger charge is 2.23. The summed E-state index contributed by atoms with van der Waals surface area (Å²) >= 11 is 0. The second-order valence-corrected chi connectivity index (χ2v) is 13.0. The summed E-state index contributed by atoms with van der Waals surface area (Å²) in [6, 6.07) is 4.36. The molecule has 6 aromatic rings. The highest BCUT2D eigenvalue weighted by Crippen LogP contribution is 2.28. The predicted molar refractivity (Wildman–Crippen MR) is 187 cm³/mol. The molecule has 0 atom stereocenters. The lowest BCUT2D eigenvalue weighted by atomic mass is 10.1. The van der Waals surface area contributed by atoms with Crippen LogP contribution in [0.25, 0.3) is 44.8 Å². The number of rotatable bonds is 8. The number of aryl methyl sites for hydroxylation is 1. The van der Waals surface area contributed by atoms with Crippen LogP contribution in [0, 0.1) is 0 Å². The molecule has 8 heterocycles. The van der Waals surface area contributed by atoms with Gasteiger partial charge in [-0.2, -0.15) is 19.9 Å². The molecule has 0 radical (unpaired) electrons. The Kier molecular flexibility index (Phi) is 8.09. The Morgan fingerprint density at radius 2 is 1.35 bits per heavy atom. The first-order valence-electron chi connectivity index (χ1n) is 16.6. The Hall–Kier alpha value is -5.48. The van der Waals surface area contributed by atoms with E-state index in [0.717, 1.165) is 74.4 Å². The van der Waals surface area contributed by atoms with Crippen LogP contribution < -0.4 is 22.1 Å². The number of piperidine rings is 2. The lowest BCUT2D eigenvalue weighted by molar-refractivity contribution is 0.209. The molecule has 0 spiro atoms. The number of oxazole rings is 1. The third-order valence-corrected chi connectivity index (χ3v) is 9.32. The second kappa shape index (κ2) is 12.9. The first-order valence-corrected chi connectivity index (χ1v) is 16.6. The lowest BCUT2D eigenvalue weighted by Crippen LogP contribution is -2.39. The van der Waals surface area contributed by atoms with E-state index in [-0.39, 0.29) is 6.04 Å². The molecule has 6 N–H and O–H groups in total. The summed E-state index contributed by atoms with van der Waals surface area (Å²) in [6.45, 7) is 4.53. The van der Waals surface area contributed by atoms with Gasteiger partial charge in [-0.05, 0) is 58.0 Å². The fourth-order valence-electron chi connectivity index (χ4n) is 6.51.